The Balaban J connectivity index is 2.08. The minimum absolute atomic E-state index is 0.177. The summed E-state index contributed by atoms with van der Waals surface area (Å²) in [4.78, 5) is 29.1. The molecule has 0 unspecified atom stereocenters. The molecule has 0 aromatic heterocycles. The smallest absolute Gasteiger partial charge is 0.286 e. The molecule has 1 heterocycles. The number of benzene rings is 1. The van der Waals surface area contributed by atoms with Crippen molar-refractivity contribution >= 4 is 44.9 Å². The van der Waals surface area contributed by atoms with Crippen molar-refractivity contribution < 1.29 is 9.59 Å². The van der Waals surface area contributed by atoms with Gasteiger partial charge in [-0.2, -0.15) is 0 Å². The molecule has 136 valence electrons. The standard InChI is InChI=1S/C19H25BrN2O2S/c1-3-5-10-21(11-6-4-2)14-22-18(23)17(25-19(22)24)13-15-8-7-9-16(20)12-15/h7-9,12-13H,3-6,10-11,14H2,1-2H3. The maximum atomic E-state index is 12.7. The number of carbonyl (C=O) groups is 2. The lowest BCUT2D eigenvalue weighted by Crippen LogP contribution is -2.41. The van der Waals surface area contributed by atoms with Crippen LogP contribution >= 0.6 is 27.7 Å². The highest BCUT2D eigenvalue weighted by Gasteiger charge is 2.35. The Morgan fingerprint density at radius 3 is 2.44 bits per heavy atom. The molecule has 1 aromatic carbocycles. The van der Waals surface area contributed by atoms with Crippen LogP contribution in [0.3, 0.4) is 0 Å². The summed E-state index contributed by atoms with van der Waals surface area (Å²) in [5, 5.41) is -0.177. The fourth-order valence-corrected chi connectivity index (χ4v) is 3.83. The molecular formula is C19H25BrN2O2S. The zero-order valence-electron chi connectivity index (χ0n) is 14.8. The Morgan fingerprint density at radius 1 is 1.16 bits per heavy atom. The fraction of sp³-hybridized carbons (Fsp3) is 0.474. The van der Waals surface area contributed by atoms with Gasteiger partial charge in [0.1, 0.15) is 0 Å². The Bertz CT molecular complexity index is 640. The maximum absolute atomic E-state index is 12.7. The molecule has 1 aliphatic rings. The lowest BCUT2D eigenvalue weighted by Gasteiger charge is -2.26. The van der Waals surface area contributed by atoms with E-state index in [9.17, 15) is 9.59 Å². The zero-order chi connectivity index (χ0) is 18.2. The van der Waals surface area contributed by atoms with Gasteiger partial charge in [0.25, 0.3) is 11.1 Å². The molecule has 2 amide bonds. The minimum atomic E-state index is -0.187. The van der Waals surface area contributed by atoms with Crippen molar-refractivity contribution in [3.05, 3.63) is 39.2 Å². The van der Waals surface area contributed by atoms with Gasteiger partial charge in [-0.25, -0.2) is 0 Å². The third-order valence-electron chi connectivity index (χ3n) is 4.02. The van der Waals surface area contributed by atoms with Gasteiger partial charge < -0.3 is 0 Å². The van der Waals surface area contributed by atoms with E-state index < -0.39 is 0 Å². The molecule has 4 nitrogen and oxygen atoms in total. The molecule has 0 aliphatic carbocycles. The fourth-order valence-electron chi connectivity index (χ4n) is 2.59. The van der Waals surface area contributed by atoms with Crippen LogP contribution < -0.4 is 0 Å². The van der Waals surface area contributed by atoms with Gasteiger partial charge in [0.2, 0.25) is 0 Å². The van der Waals surface area contributed by atoms with Gasteiger partial charge >= 0.3 is 0 Å². The molecule has 0 atom stereocenters. The monoisotopic (exact) mass is 424 g/mol. The van der Waals surface area contributed by atoms with Crippen LogP contribution in [0.25, 0.3) is 6.08 Å². The first-order chi connectivity index (χ1) is 12.0. The van der Waals surface area contributed by atoms with E-state index >= 15 is 0 Å². The van der Waals surface area contributed by atoms with Crippen molar-refractivity contribution in [3.63, 3.8) is 0 Å². The third-order valence-corrected chi connectivity index (χ3v) is 5.42. The van der Waals surface area contributed by atoms with Crippen LogP contribution in [-0.2, 0) is 4.79 Å². The van der Waals surface area contributed by atoms with Crippen molar-refractivity contribution in [2.24, 2.45) is 0 Å². The van der Waals surface area contributed by atoms with Gasteiger partial charge in [0.15, 0.2) is 0 Å². The number of rotatable bonds is 9. The van der Waals surface area contributed by atoms with Crippen LogP contribution in [0.4, 0.5) is 4.79 Å². The number of imide groups is 1. The lowest BCUT2D eigenvalue weighted by molar-refractivity contribution is -0.124. The van der Waals surface area contributed by atoms with Crippen molar-refractivity contribution in [3.8, 4) is 0 Å². The summed E-state index contributed by atoms with van der Waals surface area (Å²) >= 11 is 4.45. The SMILES string of the molecule is CCCCN(CCCC)CN1C(=O)SC(=Cc2cccc(Br)c2)C1=O. The second-order valence-electron chi connectivity index (χ2n) is 6.13. The van der Waals surface area contributed by atoms with Gasteiger partial charge in [0, 0.05) is 4.47 Å². The molecule has 0 N–H and O–H groups in total. The van der Waals surface area contributed by atoms with E-state index in [1.54, 1.807) is 6.08 Å². The summed E-state index contributed by atoms with van der Waals surface area (Å²) in [6.45, 7) is 6.53. The molecule has 1 aromatic rings. The highest BCUT2D eigenvalue weighted by molar-refractivity contribution is 9.10. The molecular weight excluding hydrogens is 400 g/mol. The van der Waals surface area contributed by atoms with E-state index in [0.717, 1.165) is 60.6 Å². The number of hydrogen-bond donors (Lipinski definition) is 0. The Hall–Kier alpha value is -1.11. The highest BCUT2D eigenvalue weighted by Crippen LogP contribution is 2.32. The minimum Gasteiger partial charge on any atom is -0.286 e. The van der Waals surface area contributed by atoms with Gasteiger partial charge in [-0.15, -0.1) is 0 Å². The average molecular weight is 425 g/mol. The van der Waals surface area contributed by atoms with E-state index in [1.807, 2.05) is 24.3 Å². The van der Waals surface area contributed by atoms with Crippen molar-refractivity contribution in [1.29, 1.82) is 0 Å². The largest absolute Gasteiger partial charge is 0.294 e. The second kappa shape index (κ2) is 10.1. The predicted molar refractivity (Wildman–Crippen MR) is 108 cm³/mol. The number of hydrogen-bond acceptors (Lipinski definition) is 4. The van der Waals surface area contributed by atoms with E-state index in [1.165, 1.54) is 4.90 Å². The Kier molecular flexibility index (Phi) is 8.19. The van der Waals surface area contributed by atoms with E-state index in [4.69, 9.17) is 0 Å². The van der Waals surface area contributed by atoms with Gasteiger partial charge in [-0.1, -0.05) is 54.8 Å². The number of amides is 2. The lowest BCUT2D eigenvalue weighted by atomic mass is 10.2. The number of carbonyl (C=O) groups excluding carboxylic acids is 2. The summed E-state index contributed by atoms with van der Waals surface area (Å²) in [7, 11) is 0. The molecule has 2 rings (SSSR count). The predicted octanol–water partition coefficient (Wildman–Crippen LogP) is 5.35. The first-order valence-corrected chi connectivity index (χ1v) is 10.4. The van der Waals surface area contributed by atoms with Crippen LogP contribution in [0.5, 0.6) is 0 Å². The molecule has 0 radical (unpaired) electrons. The molecule has 1 saturated heterocycles. The highest BCUT2D eigenvalue weighted by atomic mass is 79.9. The molecule has 0 bridgehead atoms. The first-order valence-electron chi connectivity index (χ1n) is 8.78. The van der Waals surface area contributed by atoms with Gasteiger partial charge in [-0.05, 0) is 61.5 Å². The van der Waals surface area contributed by atoms with Gasteiger partial charge in [-0.3, -0.25) is 19.4 Å². The van der Waals surface area contributed by atoms with E-state index in [0.29, 0.717) is 11.6 Å². The molecule has 6 heteroatoms. The van der Waals surface area contributed by atoms with Gasteiger partial charge in [0.05, 0.1) is 11.6 Å². The Morgan fingerprint density at radius 2 is 1.84 bits per heavy atom. The summed E-state index contributed by atoms with van der Waals surface area (Å²) < 4.78 is 0.950. The molecule has 0 spiro atoms. The van der Waals surface area contributed by atoms with Crippen LogP contribution in [0.1, 0.15) is 45.1 Å². The molecule has 1 fully saturated rings. The summed E-state index contributed by atoms with van der Waals surface area (Å²) in [6, 6.07) is 7.70. The number of thioether (sulfide) groups is 1. The average Bonchev–Trinajstić information content (AvgIpc) is 2.84. The Labute approximate surface area is 162 Å². The van der Waals surface area contributed by atoms with E-state index in [2.05, 4.69) is 34.7 Å². The quantitative estimate of drug-likeness (QED) is 0.501. The molecule has 1 aliphatic heterocycles. The zero-order valence-corrected chi connectivity index (χ0v) is 17.2. The summed E-state index contributed by atoms with van der Waals surface area (Å²) in [6.07, 6.45) is 6.15. The summed E-state index contributed by atoms with van der Waals surface area (Å²) in [5.74, 6) is -0.187. The number of unbranched alkanes of at least 4 members (excludes halogenated alkanes) is 2. The summed E-state index contributed by atoms with van der Waals surface area (Å²) in [5.41, 5.74) is 0.911. The number of nitrogens with zero attached hydrogens (tertiary/aromatic N) is 2. The molecule has 25 heavy (non-hydrogen) atoms. The van der Waals surface area contributed by atoms with Crippen LogP contribution in [0.15, 0.2) is 33.6 Å². The topological polar surface area (TPSA) is 40.6 Å². The van der Waals surface area contributed by atoms with Crippen LogP contribution in [-0.4, -0.2) is 40.7 Å². The third kappa shape index (κ3) is 5.97. The van der Waals surface area contributed by atoms with Crippen molar-refractivity contribution in [2.75, 3.05) is 19.8 Å². The van der Waals surface area contributed by atoms with Crippen LogP contribution in [0.2, 0.25) is 0 Å². The number of halogens is 1. The normalized spacial score (nSPS) is 16.5. The van der Waals surface area contributed by atoms with Crippen LogP contribution in [0, 0.1) is 0 Å². The van der Waals surface area contributed by atoms with Crippen molar-refractivity contribution in [2.45, 2.75) is 39.5 Å². The van der Waals surface area contributed by atoms with E-state index in [-0.39, 0.29) is 11.1 Å². The first kappa shape index (κ1) is 20.2. The second-order valence-corrected chi connectivity index (χ2v) is 8.04. The van der Waals surface area contributed by atoms with Crippen molar-refractivity contribution in [1.82, 2.24) is 9.80 Å². The molecule has 0 saturated carbocycles. The maximum Gasteiger partial charge on any atom is 0.294 e.